The van der Waals surface area contributed by atoms with Crippen molar-refractivity contribution in [3.8, 4) is 0 Å². The molecule has 0 fully saturated rings. The first-order valence-electron chi connectivity index (χ1n) is 10.5. The molecule has 0 saturated heterocycles. The summed E-state index contributed by atoms with van der Waals surface area (Å²) in [5.41, 5.74) is 1.58. The summed E-state index contributed by atoms with van der Waals surface area (Å²) in [4.78, 5) is 37.7. The molecule has 2 atom stereocenters. The smallest absolute Gasteiger partial charge is 0.269 e. The maximum absolute atomic E-state index is 13.1. The number of nitrogens with one attached hydrogen (secondary N) is 1. The van der Waals surface area contributed by atoms with E-state index in [4.69, 9.17) is 23.2 Å². The van der Waals surface area contributed by atoms with Crippen LogP contribution in [0.3, 0.4) is 0 Å². The summed E-state index contributed by atoms with van der Waals surface area (Å²) in [5.74, 6) is 0.207. The molecule has 0 aliphatic rings. The first-order chi connectivity index (χ1) is 15.6. The van der Waals surface area contributed by atoms with Crippen LogP contribution in [-0.2, 0) is 21.9 Å². The van der Waals surface area contributed by atoms with Crippen LogP contribution in [0.15, 0.2) is 42.5 Å². The molecule has 178 valence electrons. The highest BCUT2D eigenvalue weighted by Gasteiger charge is 2.27. The fourth-order valence-electron chi connectivity index (χ4n) is 2.93. The van der Waals surface area contributed by atoms with Crippen LogP contribution in [0.5, 0.6) is 0 Å². The van der Waals surface area contributed by atoms with Crippen molar-refractivity contribution >= 4 is 52.5 Å². The first kappa shape index (κ1) is 27.0. The van der Waals surface area contributed by atoms with Gasteiger partial charge in [0.2, 0.25) is 11.8 Å². The lowest BCUT2D eigenvalue weighted by molar-refractivity contribution is -0.384. The fourth-order valence-corrected chi connectivity index (χ4v) is 4.27. The number of thioether (sulfide) groups is 1. The van der Waals surface area contributed by atoms with E-state index in [-0.39, 0.29) is 35.8 Å². The van der Waals surface area contributed by atoms with E-state index in [1.165, 1.54) is 28.8 Å². The van der Waals surface area contributed by atoms with Crippen molar-refractivity contribution < 1.29 is 14.5 Å². The van der Waals surface area contributed by atoms with Crippen molar-refractivity contribution in [1.82, 2.24) is 10.2 Å². The third-order valence-corrected chi connectivity index (χ3v) is 6.74. The topological polar surface area (TPSA) is 92.6 Å². The van der Waals surface area contributed by atoms with Crippen molar-refractivity contribution in [3.05, 3.63) is 73.8 Å². The number of nitro groups is 1. The van der Waals surface area contributed by atoms with Gasteiger partial charge in [-0.1, -0.05) is 48.3 Å². The average Bonchev–Trinajstić information content (AvgIpc) is 2.78. The zero-order valence-corrected chi connectivity index (χ0v) is 21.0. The van der Waals surface area contributed by atoms with E-state index in [0.717, 1.165) is 12.0 Å². The number of hydrogen-bond acceptors (Lipinski definition) is 5. The van der Waals surface area contributed by atoms with Crippen LogP contribution < -0.4 is 5.32 Å². The largest absolute Gasteiger partial charge is 0.352 e. The third kappa shape index (κ3) is 8.21. The molecular weight excluding hydrogens is 485 g/mol. The second-order valence-corrected chi connectivity index (χ2v) is 9.50. The zero-order chi connectivity index (χ0) is 24.5. The van der Waals surface area contributed by atoms with Gasteiger partial charge in [0.25, 0.3) is 5.69 Å². The minimum Gasteiger partial charge on any atom is -0.352 e. The second-order valence-electron chi connectivity index (χ2n) is 7.67. The van der Waals surface area contributed by atoms with Crippen molar-refractivity contribution in [2.45, 2.75) is 51.6 Å². The molecule has 0 bridgehead atoms. The van der Waals surface area contributed by atoms with Gasteiger partial charge in [-0.25, -0.2) is 0 Å². The Morgan fingerprint density at radius 3 is 2.39 bits per heavy atom. The van der Waals surface area contributed by atoms with Gasteiger partial charge in [-0.05, 0) is 43.5 Å². The monoisotopic (exact) mass is 511 g/mol. The molecule has 0 radical (unpaired) electrons. The molecule has 0 heterocycles. The summed E-state index contributed by atoms with van der Waals surface area (Å²) in [5, 5.41) is 14.6. The molecular formula is C23H27Cl2N3O4S. The standard InChI is InChI=1S/C23H27Cl2N3O4S/c1-4-15(2)26-23(30)16(3)27(12-18-7-8-19(24)11-21(18)25)22(29)14-33-13-17-5-9-20(10-6-17)28(31)32/h5-11,15-16H,4,12-14H2,1-3H3,(H,26,30)/t15-,16-/m1/s1. The number of non-ortho nitro benzene ring substituents is 1. The molecule has 0 aliphatic carbocycles. The molecule has 2 aromatic rings. The summed E-state index contributed by atoms with van der Waals surface area (Å²) in [6.07, 6.45) is 0.778. The Morgan fingerprint density at radius 1 is 1.15 bits per heavy atom. The van der Waals surface area contributed by atoms with Crippen LogP contribution in [0.4, 0.5) is 5.69 Å². The van der Waals surface area contributed by atoms with Crippen LogP contribution in [0.2, 0.25) is 10.0 Å². The Labute approximate surface area is 208 Å². The molecule has 0 unspecified atom stereocenters. The minimum atomic E-state index is -0.696. The van der Waals surface area contributed by atoms with Gasteiger partial charge in [0.05, 0.1) is 10.7 Å². The lowest BCUT2D eigenvalue weighted by atomic mass is 10.1. The van der Waals surface area contributed by atoms with Crippen molar-refractivity contribution in [1.29, 1.82) is 0 Å². The van der Waals surface area contributed by atoms with E-state index < -0.39 is 11.0 Å². The molecule has 2 rings (SSSR count). The highest BCUT2D eigenvalue weighted by atomic mass is 35.5. The Kier molecular flexibility index (Phi) is 10.5. The molecule has 2 amide bonds. The first-order valence-corrected chi connectivity index (χ1v) is 12.4. The molecule has 7 nitrogen and oxygen atoms in total. The predicted molar refractivity (Wildman–Crippen MR) is 134 cm³/mol. The third-order valence-electron chi connectivity index (χ3n) is 5.17. The molecule has 1 N–H and O–H groups in total. The highest BCUT2D eigenvalue weighted by molar-refractivity contribution is 7.99. The quantitative estimate of drug-likeness (QED) is 0.319. The van der Waals surface area contributed by atoms with E-state index in [1.54, 1.807) is 37.3 Å². The van der Waals surface area contributed by atoms with Crippen LogP contribution in [0.25, 0.3) is 0 Å². The van der Waals surface area contributed by atoms with Crippen LogP contribution in [0.1, 0.15) is 38.3 Å². The molecule has 0 aromatic heterocycles. The maximum Gasteiger partial charge on any atom is 0.269 e. The summed E-state index contributed by atoms with van der Waals surface area (Å²) >= 11 is 13.7. The minimum absolute atomic E-state index is 0.00691. The lowest BCUT2D eigenvalue weighted by Crippen LogP contribution is -2.50. The normalized spacial score (nSPS) is 12.6. The summed E-state index contributed by atoms with van der Waals surface area (Å²) in [6.45, 7) is 5.75. The van der Waals surface area contributed by atoms with Gasteiger partial charge in [-0.15, -0.1) is 11.8 Å². The van der Waals surface area contributed by atoms with Gasteiger partial charge in [-0.2, -0.15) is 0 Å². The Hall–Kier alpha value is -2.29. The van der Waals surface area contributed by atoms with E-state index in [0.29, 0.717) is 21.4 Å². The van der Waals surface area contributed by atoms with Crippen molar-refractivity contribution in [2.75, 3.05) is 5.75 Å². The fraction of sp³-hybridized carbons (Fsp3) is 0.391. The average molecular weight is 512 g/mol. The highest BCUT2D eigenvalue weighted by Crippen LogP contribution is 2.24. The molecule has 0 spiro atoms. The van der Waals surface area contributed by atoms with Crippen molar-refractivity contribution in [2.24, 2.45) is 0 Å². The molecule has 10 heteroatoms. The molecule has 0 aliphatic heterocycles. The van der Waals surface area contributed by atoms with E-state index >= 15 is 0 Å². The Balaban J connectivity index is 2.10. The Bertz CT molecular complexity index is 988. The van der Waals surface area contributed by atoms with E-state index in [9.17, 15) is 19.7 Å². The number of rotatable bonds is 11. The molecule has 0 saturated carbocycles. The van der Waals surface area contributed by atoms with Gasteiger partial charge in [0, 0.05) is 40.5 Å². The van der Waals surface area contributed by atoms with Gasteiger partial charge < -0.3 is 10.2 Å². The zero-order valence-electron chi connectivity index (χ0n) is 18.7. The van der Waals surface area contributed by atoms with Crippen molar-refractivity contribution in [3.63, 3.8) is 0 Å². The SMILES string of the molecule is CC[C@@H](C)NC(=O)[C@@H](C)N(Cc1ccc(Cl)cc1Cl)C(=O)CSCc1ccc([N+](=O)[O-])cc1. The van der Waals surface area contributed by atoms with Crippen LogP contribution in [0, 0.1) is 10.1 Å². The number of hydrogen-bond donors (Lipinski definition) is 1. The van der Waals surface area contributed by atoms with E-state index in [2.05, 4.69) is 5.32 Å². The van der Waals surface area contributed by atoms with Gasteiger partial charge in [0.15, 0.2) is 0 Å². The van der Waals surface area contributed by atoms with E-state index in [1.807, 2.05) is 13.8 Å². The van der Waals surface area contributed by atoms with Gasteiger partial charge >= 0.3 is 0 Å². The number of nitrogens with zero attached hydrogens (tertiary/aromatic N) is 2. The number of nitro benzene ring substituents is 1. The number of carbonyl (C=O) groups excluding carboxylic acids is 2. The number of halogens is 2. The number of carbonyl (C=O) groups is 2. The second kappa shape index (κ2) is 12.8. The number of amides is 2. The maximum atomic E-state index is 13.1. The molecule has 2 aromatic carbocycles. The summed E-state index contributed by atoms with van der Waals surface area (Å²) < 4.78 is 0. The van der Waals surface area contributed by atoms with Gasteiger partial charge in [-0.3, -0.25) is 19.7 Å². The summed E-state index contributed by atoms with van der Waals surface area (Å²) in [7, 11) is 0. The molecule has 33 heavy (non-hydrogen) atoms. The number of benzene rings is 2. The summed E-state index contributed by atoms with van der Waals surface area (Å²) in [6, 6.07) is 10.6. The Morgan fingerprint density at radius 2 is 1.82 bits per heavy atom. The van der Waals surface area contributed by atoms with Crippen LogP contribution >= 0.6 is 35.0 Å². The predicted octanol–water partition coefficient (Wildman–Crippen LogP) is 5.47. The lowest BCUT2D eigenvalue weighted by Gasteiger charge is -2.30. The van der Waals surface area contributed by atoms with Gasteiger partial charge in [0.1, 0.15) is 6.04 Å². The van der Waals surface area contributed by atoms with Crippen LogP contribution in [-0.4, -0.2) is 39.5 Å².